The first-order valence-corrected chi connectivity index (χ1v) is 7.80. The van der Waals surface area contributed by atoms with Crippen molar-refractivity contribution in [3.8, 4) is 0 Å². The van der Waals surface area contributed by atoms with Crippen LogP contribution in [0.5, 0.6) is 0 Å². The number of thioether (sulfide) groups is 1. The van der Waals surface area contributed by atoms with E-state index in [1.165, 1.54) is 0 Å². The Bertz CT molecular complexity index is 465. The van der Waals surface area contributed by atoms with Gasteiger partial charge in [0.15, 0.2) is 0 Å². The van der Waals surface area contributed by atoms with Crippen molar-refractivity contribution in [1.29, 1.82) is 0 Å². The fourth-order valence-corrected chi connectivity index (χ4v) is 2.21. The molecular formula is C14H21ClN2OS. The van der Waals surface area contributed by atoms with Gasteiger partial charge in [0, 0.05) is 11.4 Å². The van der Waals surface area contributed by atoms with Gasteiger partial charge in [0.25, 0.3) is 5.91 Å². The first-order chi connectivity index (χ1) is 8.84. The monoisotopic (exact) mass is 300 g/mol. The van der Waals surface area contributed by atoms with E-state index < -0.39 is 5.54 Å². The van der Waals surface area contributed by atoms with Gasteiger partial charge in [0.2, 0.25) is 0 Å². The quantitative estimate of drug-likeness (QED) is 0.821. The van der Waals surface area contributed by atoms with Gasteiger partial charge in [-0.25, -0.2) is 0 Å². The van der Waals surface area contributed by atoms with E-state index in [0.29, 0.717) is 17.1 Å². The minimum Gasteiger partial charge on any atom is -0.345 e. The molecule has 0 bridgehead atoms. The largest absolute Gasteiger partial charge is 0.345 e. The van der Waals surface area contributed by atoms with Crippen LogP contribution in [0.1, 0.15) is 31.1 Å². The summed E-state index contributed by atoms with van der Waals surface area (Å²) in [6.45, 7) is 6.40. The first-order valence-electron chi connectivity index (χ1n) is 6.20. The van der Waals surface area contributed by atoms with Crippen LogP contribution in [0.3, 0.4) is 0 Å². The van der Waals surface area contributed by atoms with Gasteiger partial charge in [0.1, 0.15) is 0 Å². The lowest BCUT2D eigenvalue weighted by atomic mass is 9.88. The number of halogens is 1. The highest BCUT2D eigenvalue weighted by atomic mass is 35.5. The Morgan fingerprint density at radius 2 is 2.16 bits per heavy atom. The third kappa shape index (κ3) is 3.88. The van der Waals surface area contributed by atoms with Crippen LogP contribution in [0.4, 0.5) is 0 Å². The van der Waals surface area contributed by atoms with E-state index in [1.54, 1.807) is 23.9 Å². The van der Waals surface area contributed by atoms with Gasteiger partial charge >= 0.3 is 0 Å². The summed E-state index contributed by atoms with van der Waals surface area (Å²) >= 11 is 7.67. The van der Waals surface area contributed by atoms with Crippen LogP contribution >= 0.6 is 23.4 Å². The Balaban J connectivity index is 3.01. The predicted octanol–water partition coefficient (Wildman–Crippen LogP) is 3.17. The summed E-state index contributed by atoms with van der Waals surface area (Å²) in [7, 11) is 0. The van der Waals surface area contributed by atoms with Crippen LogP contribution in [-0.2, 0) is 0 Å². The van der Waals surface area contributed by atoms with E-state index in [0.717, 1.165) is 4.90 Å². The third-order valence-electron chi connectivity index (χ3n) is 3.52. The molecule has 1 unspecified atom stereocenters. The van der Waals surface area contributed by atoms with E-state index in [2.05, 4.69) is 5.32 Å². The number of carbonyl (C=O) groups excluding carboxylic acids is 1. The summed E-state index contributed by atoms with van der Waals surface area (Å²) in [5, 5.41) is 3.45. The van der Waals surface area contributed by atoms with Crippen molar-refractivity contribution in [3.63, 3.8) is 0 Å². The Morgan fingerprint density at radius 1 is 1.53 bits per heavy atom. The van der Waals surface area contributed by atoms with Gasteiger partial charge < -0.3 is 11.1 Å². The highest BCUT2D eigenvalue weighted by Crippen LogP contribution is 2.24. The van der Waals surface area contributed by atoms with Gasteiger partial charge in [-0.15, -0.1) is 11.8 Å². The van der Waals surface area contributed by atoms with E-state index in [9.17, 15) is 4.79 Å². The molecule has 0 aliphatic carbocycles. The maximum atomic E-state index is 12.4. The van der Waals surface area contributed by atoms with Crippen LogP contribution in [0.15, 0.2) is 23.1 Å². The Hall–Kier alpha value is -0.710. The molecular weight excluding hydrogens is 280 g/mol. The normalized spacial score (nSPS) is 14.3. The number of hydrogen-bond acceptors (Lipinski definition) is 3. The van der Waals surface area contributed by atoms with Crippen LogP contribution in [0.2, 0.25) is 5.02 Å². The number of nitrogens with two attached hydrogens (primary N) is 1. The average Bonchev–Trinajstić information content (AvgIpc) is 2.38. The summed E-state index contributed by atoms with van der Waals surface area (Å²) in [4.78, 5) is 13.4. The second kappa shape index (κ2) is 6.64. The fourth-order valence-electron chi connectivity index (χ4n) is 1.56. The number of amides is 1. The maximum absolute atomic E-state index is 12.4. The molecule has 0 radical (unpaired) electrons. The number of hydrogen-bond donors (Lipinski definition) is 2. The summed E-state index contributed by atoms with van der Waals surface area (Å²) in [6, 6.07) is 5.45. The molecule has 1 aromatic carbocycles. The molecule has 0 aliphatic rings. The number of carbonyl (C=O) groups is 1. The average molecular weight is 301 g/mol. The SMILES string of the molecule is CSc1ccc(Cl)c(C(=O)NC(C)(CN)C(C)C)c1. The summed E-state index contributed by atoms with van der Waals surface area (Å²) < 4.78 is 0. The Morgan fingerprint density at radius 3 is 2.63 bits per heavy atom. The summed E-state index contributed by atoms with van der Waals surface area (Å²) in [6.07, 6.45) is 1.96. The second-order valence-electron chi connectivity index (χ2n) is 5.08. The van der Waals surface area contributed by atoms with Crippen molar-refractivity contribution < 1.29 is 4.79 Å². The standard InChI is InChI=1S/C14H21ClN2OS/c1-9(2)14(3,8-16)17-13(18)11-7-10(19-4)5-6-12(11)15/h5-7,9H,8,16H2,1-4H3,(H,17,18). The van der Waals surface area contributed by atoms with E-state index in [1.807, 2.05) is 33.1 Å². The van der Waals surface area contributed by atoms with Crippen molar-refractivity contribution in [2.75, 3.05) is 12.8 Å². The maximum Gasteiger partial charge on any atom is 0.253 e. The second-order valence-corrected chi connectivity index (χ2v) is 6.36. The Labute approximate surface area is 124 Å². The molecule has 0 aliphatic heterocycles. The molecule has 0 fully saturated rings. The highest BCUT2D eigenvalue weighted by molar-refractivity contribution is 7.98. The van der Waals surface area contributed by atoms with E-state index >= 15 is 0 Å². The van der Waals surface area contributed by atoms with Gasteiger partial charge in [0.05, 0.1) is 16.1 Å². The molecule has 5 heteroatoms. The zero-order valence-corrected chi connectivity index (χ0v) is 13.4. The zero-order chi connectivity index (χ0) is 14.6. The lowest BCUT2D eigenvalue weighted by Gasteiger charge is -2.33. The minimum atomic E-state index is -0.435. The number of benzene rings is 1. The molecule has 0 saturated carbocycles. The van der Waals surface area contributed by atoms with E-state index in [4.69, 9.17) is 17.3 Å². The molecule has 0 aromatic heterocycles. The molecule has 19 heavy (non-hydrogen) atoms. The molecule has 1 aromatic rings. The van der Waals surface area contributed by atoms with Gasteiger partial charge in [-0.1, -0.05) is 25.4 Å². The van der Waals surface area contributed by atoms with Gasteiger partial charge in [-0.2, -0.15) is 0 Å². The number of nitrogens with one attached hydrogen (secondary N) is 1. The molecule has 1 rings (SSSR count). The molecule has 1 atom stereocenters. The molecule has 0 heterocycles. The van der Waals surface area contributed by atoms with Crippen LogP contribution < -0.4 is 11.1 Å². The molecule has 3 nitrogen and oxygen atoms in total. The lowest BCUT2D eigenvalue weighted by Crippen LogP contribution is -2.55. The van der Waals surface area contributed by atoms with E-state index in [-0.39, 0.29) is 11.8 Å². The van der Waals surface area contributed by atoms with Crippen molar-refractivity contribution in [3.05, 3.63) is 28.8 Å². The summed E-state index contributed by atoms with van der Waals surface area (Å²) in [5.41, 5.74) is 5.84. The van der Waals surface area contributed by atoms with Crippen LogP contribution in [-0.4, -0.2) is 24.2 Å². The molecule has 3 N–H and O–H groups in total. The summed E-state index contributed by atoms with van der Waals surface area (Å²) in [5.74, 6) is 0.0616. The van der Waals surface area contributed by atoms with Crippen molar-refractivity contribution in [2.45, 2.75) is 31.2 Å². The highest BCUT2D eigenvalue weighted by Gasteiger charge is 2.29. The minimum absolute atomic E-state index is 0.178. The van der Waals surface area contributed by atoms with Gasteiger partial charge in [-0.05, 0) is 37.3 Å². The smallest absolute Gasteiger partial charge is 0.253 e. The topological polar surface area (TPSA) is 55.1 Å². The first kappa shape index (κ1) is 16.3. The van der Waals surface area contributed by atoms with Crippen molar-refractivity contribution >= 4 is 29.3 Å². The molecule has 0 spiro atoms. The zero-order valence-electron chi connectivity index (χ0n) is 11.8. The van der Waals surface area contributed by atoms with Gasteiger partial charge in [-0.3, -0.25) is 4.79 Å². The Kier molecular flexibility index (Phi) is 5.71. The van der Waals surface area contributed by atoms with Crippen molar-refractivity contribution in [1.82, 2.24) is 5.32 Å². The molecule has 0 saturated heterocycles. The lowest BCUT2D eigenvalue weighted by molar-refractivity contribution is 0.0883. The van der Waals surface area contributed by atoms with Crippen LogP contribution in [0, 0.1) is 5.92 Å². The van der Waals surface area contributed by atoms with Crippen molar-refractivity contribution in [2.24, 2.45) is 11.7 Å². The predicted molar refractivity (Wildman–Crippen MR) is 83.0 cm³/mol. The van der Waals surface area contributed by atoms with Crippen LogP contribution in [0.25, 0.3) is 0 Å². The molecule has 1 amide bonds. The third-order valence-corrected chi connectivity index (χ3v) is 4.57. The molecule has 106 valence electrons. The number of rotatable bonds is 5. The fraction of sp³-hybridized carbons (Fsp3) is 0.500.